The molecular weight excluding hydrogens is 322 g/mol. The Balaban J connectivity index is 1.88. The fraction of sp³-hybridized carbons (Fsp3) is 0.526. The largest absolute Gasteiger partial charge is 0.476 e. The number of rotatable bonds is 4. The second-order valence-corrected chi connectivity index (χ2v) is 7.14. The highest BCUT2D eigenvalue weighted by Gasteiger charge is 2.42. The van der Waals surface area contributed by atoms with Crippen molar-refractivity contribution in [2.45, 2.75) is 58.2 Å². The van der Waals surface area contributed by atoms with Gasteiger partial charge in [-0.25, -0.2) is 0 Å². The maximum absolute atomic E-state index is 12.8. The molecule has 6 nitrogen and oxygen atoms in total. The second kappa shape index (κ2) is 6.50. The maximum Gasteiger partial charge on any atom is 0.326 e. The van der Waals surface area contributed by atoms with Crippen molar-refractivity contribution in [2.75, 3.05) is 11.4 Å². The van der Waals surface area contributed by atoms with Crippen LogP contribution in [0.5, 0.6) is 5.75 Å². The summed E-state index contributed by atoms with van der Waals surface area (Å²) in [5.74, 6) is -0.405. The number of fused-ring (bicyclic) bond motifs is 1. The number of hydrogen-bond donors (Lipinski definition) is 0. The molecule has 0 spiro atoms. The first-order valence-electron chi connectivity index (χ1n) is 8.63. The van der Waals surface area contributed by atoms with Crippen LogP contribution in [-0.4, -0.2) is 35.9 Å². The van der Waals surface area contributed by atoms with Crippen molar-refractivity contribution in [1.82, 2.24) is 0 Å². The minimum absolute atomic E-state index is 0.0559. The monoisotopic (exact) mass is 345 g/mol. The van der Waals surface area contributed by atoms with Gasteiger partial charge in [-0.15, -0.1) is 0 Å². The standard InChI is InChI=1S/C19H23NO5/c1-12(21)13-8-9-16-15(10-13)20(18(23)19(2,3)25-16)11-17(22)24-14-6-4-5-7-14/h8-10,14H,4-7,11H2,1-3H3. The summed E-state index contributed by atoms with van der Waals surface area (Å²) in [5, 5.41) is 0. The molecule has 1 aromatic rings. The van der Waals surface area contributed by atoms with Crippen LogP contribution in [0, 0.1) is 0 Å². The summed E-state index contributed by atoms with van der Waals surface area (Å²) >= 11 is 0. The normalized spacial score (nSPS) is 19.3. The van der Waals surface area contributed by atoms with Crippen molar-refractivity contribution in [3.63, 3.8) is 0 Å². The molecule has 1 saturated carbocycles. The van der Waals surface area contributed by atoms with Crippen molar-refractivity contribution in [2.24, 2.45) is 0 Å². The molecule has 1 fully saturated rings. The second-order valence-electron chi connectivity index (χ2n) is 7.14. The van der Waals surface area contributed by atoms with Gasteiger partial charge in [0.05, 0.1) is 5.69 Å². The Kier molecular flexibility index (Phi) is 4.54. The first-order chi connectivity index (χ1) is 11.8. The third kappa shape index (κ3) is 3.52. The number of anilines is 1. The van der Waals surface area contributed by atoms with Crippen LogP contribution < -0.4 is 9.64 Å². The number of Topliss-reactive ketones (excluding diaryl/α,β-unsaturated/α-hetero) is 1. The molecule has 25 heavy (non-hydrogen) atoms. The molecule has 1 amide bonds. The quantitative estimate of drug-likeness (QED) is 0.620. The van der Waals surface area contributed by atoms with Gasteiger partial charge >= 0.3 is 5.97 Å². The van der Waals surface area contributed by atoms with E-state index in [4.69, 9.17) is 9.47 Å². The summed E-state index contributed by atoms with van der Waals surface area (Å²) in [6.07, 6.45) is 3.82. The maximum atomic E-state index is 12.8. The molecule has 0 unspecified atom stereocenters. The van der Waals surface area contributed by atoms with E-state index in [0.717, 1.165) is 25.7 Å². The molecule has 0 saturated heterocycles. The van der Waals surface area contributed by atoms with E-state index in [0.29, 0.717) is 17.0 Å². The van der Waals surface area contributed by atoms with Crippen molar-refractivity contribution in [3.05, 3.63) is 23.8 Å². The van der Waals surface area contributed by atoms with E-state index in [1.165, 1.54) is 11.8 Å². The van der Waals surface area contributed by atoms with Crippen LogP contribution in [0.25, 0.3) is 0 Å². The smallest absolute Gasteiger partial charge is 0.326 e. The van der Waals surface area contributed by atoms with E-state index in [2.05, 4.69) is 0 Å². The number of nitrogens with zero attached hydrogens (tertiary/aromatic N) is 1. The fourth-order valence-corrected chi connectivity index (χ4v) is 3.30. The first-order valence-corrected chi connectivity index (χ1v) is 8.63. The summed E-state index contributed by atoms with van der Waals surface area (Å²) in [5.41, 5.74) is -0.192. The zero-order chi connectivity index (χ0) is 18.2. The SMILES string of the molecule is CC(=O)c1ccc2c(c1)N(CC(=O)OC1CCCC1)C(=O)C(C)(C)O2. The number of ether oxygens (including phenoxy) is 2. The summed E-state index contributed by atoms with van der Waals surface area (Å²) in [4.78, 5) is 38.1. The van der Waals surface area contributed by atoms with Crippen LogP contribution in [0.1, 0.15) is 56.8 Å². The number of benzene rings is 1. The van der Waals surface area contributed by atoms with Gasteiger partial charge in [-0.05, 0) is 64.7 Å². The number of ketones is 1. The van der Waals surface area contributed by atoms with Gasteiger partial charge in [0.2, 0.25) is 0 Å². The third-order valence-corrected chi connectivity index (χ3v) is 4.67. The van der Waals surface area contributed by atoms with Gasteiger partial charge in [-0.3, -0.25) is 19.3 Å². The average molecular weight is 345 g/mol. The lowest BCUT2D eigenvalue weighted by Gasteiger charge is -2.38. The lowest BCUT2D eigenvalue weighted by Crippen LogP contribution is -2.54. The molecular formula is C19H23NO5. The van der Waals surface area contributed by atoms with Gasteiger partial charge in [0, 0.05) is 5.56 Å². The zero-order valence-corrected chi connectivity index (χ0v) is 14.8. The minimum atomic E-state index is -1.08. The van der Waals surface area contributed by atoms with Crippen LogP contribution in [0.2, 0.25) is 0 Å². The molecule has 1 aliphatic heterocycles. The molecule has 6 heteroatoms. The molecule has 1 aliphatic carbocycles. The first kappa shape index (κ1) is 17.5. The number of hydrogen-bond acceptors (Lipinski definition) is 5. The number of esters is 1. The number of amides is 1. The predicted molar refractivity (Wildman–Crippen MR) is 91.9 cm³/mol. The Hall–Kier alpha value is -2.37. The highest BCUT2D eigenvalue weighted by Crippen LogP contribution is 2.38. The van der Waals surface area contributed by atoms with Gasteiger partial charge in [-0.1, -0.05) is 0 Å². The van der Waals surface area contributed by atoms with Crippen LogP contribution >= 0.6 is 0 Å². The van der Waals surface area contributed by atoms with E-state index in [1.54, 1.807) is 32.0 Å². The van der Waals surface area contributed by atoms with Gasteiger partial charge in [0.25, 0.3) is 5.91 Å². The highest BCUT2D eigenvalue weighted by atomic mass is 16.5. The van der Waals surface area contributed by atoms with Crippen LogP contribution in [0.15, 0.2) is 18.2 Å². The van der Waals surface area contributed by atoms with E-state index in [-0.39, 0.29) is 24.3 Å². The molecule has 0 bridgehead atoms. The van der Waals surface area contributed by atoms with Crippen molar-refractivity contribution in [3.8, 4) is 5.75 Å². The van der Waals surface area contributed by atoms with Crippen LogP contribution in [0.4, 0.5) is 5.69 Å². The highest BCUT2D eigenvalue weighted by molar-refractivity contribution is 6.06. The fourth-order valence-electron chi connectivity index (χ4n) is 3.30. The molecule has 134 valence electrons. The molecule has 3 rings (SSSR count). The summed E-state index contributed by atoms with van der Waals surface area (Å²) < 4.78 is 11.2. The van der Waals surface area contributed by atoms with Crippen molar-refractivity contribution >= 4 is 23.3 Å². The van der Waals surface area contributed by atoms with E-state index >= 15 is 0 Å². The summed E-state index contributed by atoms with van der Waals surface area (Å²) in [6.45, 7) is 4.59. The minimum Gasteiger partial charge on any atom is -0.476 e. The van der Waals surface area contributed by atoms with Crippen molar-refractivity contribution in [1.29, 1.82) is 0 Å². The van der Waals surface area contributed by atoms with Gasteiger partial charge in [0.1, 0.15) is 18.4 Å². The number of carbonyl (C=O) groups excluding carboxylic acids is 3. The lowest BCUT2D eigenvalue weighted by molar-refractivity contribution is -0.148. The third-order valence-electron chi connectivity index (χ3n) is 4.67. The van der Waals surface area contributed by atoms with E-state index in [1.807, 2.05) is 0 Å². The molecule has 0 N–H and O–H groups in total. The molecule has 1 aromatic carbocycles. The molecule has 2 aliphatic rings. The Bertz CT molecular complexity index is 719. The molecule has 0 radical (unpaired) electrons. The molecule has 1 heterocycles. The Morgan fingerprint density at radius 2 is 1.96 bits per heavy atom. The van der Waals surface area contributed by atoms with E-state index < -0.39 is 11.6 Å². The lowest BCUT2D eigenvalue weighted by atomic mass is 10.0. The summed E-state index contributed by atoms with van der Waals surface area (Å²) in [7, 11) is 0. The summed E-state index contributed by atoms with van der Waals surface area (Å²) in [6, 6.07) is 4.91. The topological polar surface area (TPSA) is 72.9 Å². The Morgan fingerprint density at radius 3 is 2.60 bits per heavy atom. The average Bonchev–Trinajstić information content (AvgIpc) is 3.04. The van der Waals surface area contributed by atoms with Gasteiger partial charge in [-0.2, -0.15) is 0 Å². The molecule has 0 atom stereocenters. The van der Waals surface area contributed by atoms with Gasteiger partial charge < -0.3 is 9.47 Å². The number of carbonyl (C=O) groups is 3. The Labute approximate surface area is 147 Å². The van der Waals surface area contributed by atoms with E-state index in [9.17, 15) is 14.4 Å². The van der Waals surface area contributed by atoms with Gasteiger partial charge in [0.15, 0.2) is 11.4 Å². The zero-order valence-electron chi connectivity index (χ0n) is 14.8. The van der Waals surface area contributed by atoms with Crippen molar-refractivity contribution < 1.29 is 23.9 Å². The Morgan fingerprint density at radius 1 is 1.28 bits per heavy atom. The predicted octanol–water partition coefficient (Wildman–Crippen LogP) is 2.88. The van der Waals surface area contributed by atoms with Crippen LogP contribution in [-0.2, 0) is 14.3 Å². The van der Waals surface area contributed by atoms with Crippen LogP contribution in [0.3, 0.4) is 0 Å². The molecule has 0 aromatic heterocycles.